The third kappa shape index (κ3) is 5.16. The molecule has 1 aromatic rings. The van der Waals surface area contributed by atoms with Gasteiger partial charge in [-0.05, 0) is 31.9 Å². The van der Waals surface area contributed by atoms with Crippen molar-refractivity contribution in [2.24, 2.45) is 0 Å². The lowest BCUT2D eigenvalue weighted by Crippen LogP contribution is -2.49. The molecule has 1 aliphatic carbocycles. The molecular formula is C20H28N4O5. The summed E-state index contributed by atoms with van der Waals surface area (Å²) >= 11 is 0. The molecule has 2 aliphatic rings. The number of benzene rings is 1. The largest absolute Gasteiger partial charge is 0.450 e. The topological polar surface area (TPSA) is 105 Å². The fourth-order valence-corrected chi connectivity index (χ4v) is 3.94. The molecule has 9 heteroatoms. The van der Waals surface area contributed by atoms with E-state index < -0.39 is 4.92 Å². The molecule has 1 saturated carbocycles. The van der Waals surface area contributed by atoms with Gasteiger partial charge in [0.25, 0.3) is 11.6 Å². The van der Waals surface area contributed by atoms with E-state index in [4.69, 9.17) is 4.74 Å². The van der Waals surface area contributed by atoms with E-state index in [0.717, 1.165) is 25.7 Å². The zero-order valence-corrected chi connectivity index (χ0v) is 16.8. The number of ether oxygens (including phenoxy) is 1. The van der Waals surface area contributed by atoms with Crippen molar-refractivity contribution in [3.05, 3.63) is 33.9 Å². The first-order valence-electron chi connectivity index (χ1n) is 10.3. The number of carbonyl (C=O) groups excluding carboxylic acids is 2. The molecule has 9 nitrogen and oxygen atoms in total. The molecule has 158 valence electrons. The van der Waals surface area contributed by atoms with Gasteiger partial charge in [0.1, 0.15) is 5.69 Å². The first kappa shape index (κ1) is 20.9. The van der Waals surface area contributed by atoms with Gasteiger partial charge >= 0.3 is 6.09 Å². The van der Waals surface area contributed by atoms with Crippen LogP contribution in [-0.2, 0) is 4.74 Å². The van der Waals surface area contributed by atoms with Gasteiger partial charge in [0, 0.05) is 43.9 Å². The molecule has 0 unspecified atom stereocenters. The fraction of sp³-hybridized carbons (Fsp3) is 0.600. The summed E-state index contributed by atoms with van der Waals surface area (Å²) in [5, 5.41) is 14.6. The summed E-state index contributed by atoms with van der Waals surface area (Å²) in [5.74, 6) is -0.265. The van der Waals surface area contributed by atoms with Crippen LogP contribution in [-0.4, -0.2) is 60.7 Å². The fourth-order valence-electron chi connectivity index (χ4n) is 3.94. The molecule has 1 aromatic carbocycles. The smallest absolute Gasteiger partial charge is 0.409 e. The minimum Gasteiger partial charge on any atom is -0.450 e. The van der Waals surface area contributed by atoms with E-state index in [9.17, 15) is 19.7 Å². The van der Waals surface area contributed by atoms with Gasteiger partial charge in [-0.25, -0.2) is 4.79 Å². The molecule has 3 rings (SSSR count). The maximum Gasteiger partial charge on any atom is 0.409 e. The van der Waals surface area contributed by atoms with Gasteiger partial charge < -0.3 is 19.9 Å². The number of amides is 2. The first-order valence-corrected chi connectivity index (χ1v) is 10.3. The molecule has 2 fully saturated rings. The number of hydrogen-bond acceptors (Lipinski definition) is 6. The Morgan fingerprint density at radius 3 is 2.48 bits per heavy atom. The van der Waals surface area contributed by atoms with Gasteiger partial charge in [-0.2, -0.15) is 0 Å². The number of piperazine rings is 1. The number of rotatable bonds is 5. The van der Waals surface area contributed by atoms with Crippen LogP contribution in [0.15, 0.2) is 18.2 Å². The maximum absolute atomic E-state index is 12.5. The zero-order chi connectivity index (χ0) is 20.8. The van der Waals surface area contributed by atoms with Crippen molar-refractivity contribution >= 4 is 23.4 Å². The molecule has 1 aliphatic heterocycles. The molecule has 29 heavy (non-hydrogen) atoms. The Morgan fingerprint density at radius 1 is 1.17 bits per heavy atom. The molecule has 1 heterocycles. The van der Waals surface area contributed by atoms with Crippen molar-refractivity contribution in [3.63, 3.8) is 0 Å². The van der Waals surface area contributed by atoms with Gasteiger partial charge in [-0.15, -0.1) is 0 Å². The van der Waals surface area contributed by atoms with E-state index in [0.29, 0.717) is 44.0 Å². The number of nitro groups is 1. The van der Waals surface area contributed by atoms with Crippen molar-refractivity contribution in [2.45, 2.75) is 45.1 Å². The standard InChI is InChI=1S/C20H28N4O5/c1-2-29-20(26)23-12-10-22(11-13-23)17-9-8-15(14-18(17)24(27)28)19(25)21-16-6-4-3-5-7-16/h8-9,14,16H,2-7,10-13H2,1H3,(H,21,25). The summed E-state index contributed by atoms with van der Waals surface area (Å²) in [4.78, 5) is 39.0. The van der Waals surface area contributed by atoms with Crippen LogP contribution < -0.4 is 10.2 Å². The lowest BCUT2D eigenvalue weighted by atomic mass is 9.95. The van der Waals surface area contributed by atoms with Gasteiger partial charge in [-0.3, -0.25) is 14.9 Å². The summed E-state index contributed by atoms with van der Waals surface area (Å²) in [6, 6.07) is 4.77. The van der Waals surface area contributed by atoms with Gasteiger partial charge in [0.2, 0.25) is 0 Å². The van der Waals surface area contributed by atoms with Gasteiger partial charge in [-0.1, -0.05) is 19.3 Å². The highest BCUT2D eigenvalue weighted by molar-refractivity contribution is 5.96. The van der Waals surface area contributed by atoms with Crippen LogP contribution in [0.2, 0.25) is 0 Å². The summed E-state index contributed by atoms with van der Waals surface area (Å²) in [5.41, 5.74) is 0.676. The third-order valence-electron chi connectivity index (χ3n) is 5.52. The van der Waals surface area contributed by atoms with Crippen LogP contribution in [0.3, 0.4) is 0 Å². The third-order valence-corrected chi connectivity index (χ3v) is 5.52. The van der Waals surface area contributed by atoms with Crippen LogP contribution in [0, 0.1) is 10.1 Å². The lowest BCUT2D eigenvalue weighted by Gasteiger charge is -2.35. The van der Waals surface area contributed by atoms with E-state index >= 15 is 0 Å². The zero-order valence-electron chi connectivity index (χ0n) is 16.8. The highest BCUT2D eigenvalue weighted by Gasteiger charge is 2.27. The molecule has 0 aromatic heterocycles. The average Bonchev–Trinajstić information content (AvgIpc) is 2.74. The highest BCUT2D eigenvalue weighted by Crippen LogP contribution is 2.30. The Bertz CT molecular complexity index is 755. The molecule has 1 saturated heterocycles. The van der Waals surface area contributed by atoms with Crippen LogP contribution >= 0.6 is 0 Å². The molecule has 0 bridgehead atoms. The number of hydrogen-bond donors (Lipinski definition) is 1. The Hall–Kier alpha value is -2.84. The molecule has 0 spiro atoms. The van der Waals surface area contributed by atoms with Crippen LogP contribution in [0.1, 0.15) is 49.4 Å². The normalized spacial score (nSPS) is 17.7. The number of nitro benzene ring substituents is 1. The van der Waals surface area contributed by atoms with E-state index in [-0.39, 0.29) is 23.7 Å². The lowest BCUT2D eigenvalue weighted by molar-refractivity contribution is -0.384. The molecule has 0 atom stereocenters. The second-order valence-electron chi connectivity index (χ2n) is 7.44. The Kier molecular flexibility index (Phi) is 6.90. The van der Waals surface area contributed by atoms with Crippen molar-refractivity contribution in [2.75, 3.05) is 37.7 Å². The molecular weight excluding hydrogens is 376 g/mol. The predicted molar refractivity (Wildman–Crippen MR) is 108 cm³/mol. The highest BCUT2D eigenvalue weighted by atomic mass is 16.6. The Balaban J connectivity index is 1.69. The van der Waals surface area contributed by atoms with Crippen molar-refractivity contribution in [1.29, 1.82) is 0 Å². The number of nitrogens with one attached hydrogen (secondary N) is 1. The van der Waals surface area contributed by atoms with E-state index in [1.165, 1.54) is 12.5 Å². The summed E-state index contributed by atoms with van der Waals surface area (Å²) in [6.07, 6.45) is 4.93. The average molecular weight is 404 g/mol. The van der Waals surface area contributed by atoms with E-state index in [1.54, 1.807) is 24.0 Å². The molecule has 0 radical (unpaired) electrons. The maximum atomic E-state index is 12.5. The van der Waals surface area contributed by atoms with Gasteiger partial charge in [0.15, 0.2) is 0 Å². The predicted octanol–water partition coefficient (Wildman–Crippen LogP) is 2.94. The molecule has 1 N–H and O–H groups in total. The van der Waals surface area contributed by atoms with Crippen molar-refractivity contribution in [3.8, 4) is 0 Å². The molecule has 2 amide bonds. The number of nitrogens with zero attached hydrogens (tertiary/aromatic N) is 3. The quantitative estimate of drug-likeness (QED) is 0.598. The Morgan fingerprint density at radius 2 is 1.86 bits per heavy atom. The summed E-state index contributed by atoms with van der Waals surface area (Å²) in [6.45, 7) is 3.86. The number of carbonyl (C=O) groups is 2. The van der Waals surface area contributed by atoms with Gasteiger partial charge in [0.05, 0.1) is 11.5 Å². The second-order valence-corrected chi connectivity index (χ2v) is 7.44. The van der Waals surface area contributed by atoms with E-state index in [2.05, 4.69) is 5.32 Å². The minimum absolute atomic E-state index is 0.0918. The Labute approximate surface area is 170 Å². The monoisotopic (exact) mass is 404 g/mol. The van der Waals surface area contributed by atoms with Crippen LogP contribution in [0.5, 0.6) is 0 Å². The summed E-state index contributed by atoms with van der Waals surface area (Å²) in [7, 11) is 0. The van der Waals surface area contributed by atoms with Crippen LogP contribution in [0.4, 0.5) is 16.2 Å². The SMILES string of the molecule is CCOC(=O)N1CCN(c2ccc(C(=O)NC3CCCCC3)cc2[N+](=O)[O-])CC1. The van der Waals surface area contributed by atoms with E-state index in [1.807, 2.05) is 4.90 Å². The number of anilines is 1. The van der Waals surface area contributed by atoms with Crippen LogP contribution in [0.25, 0.3) is 0 Å². The first-order chi connectivity index (χ1) is 14.0. The second kappa shape index (κ2) is 9.58. The minimum atomic E-state index is -0.454. The van der Waals surface area contributed by atoms with Crippen molar-refractivity contribution < 1.29 is 19.2 Å². The summed E-state index contributed by atoms with van der Waals surface area (Å²) < 4.78 is 5.00. The van der Waals surface area contributed by atoms with Crippen molar-refractivity contribution in [1.82, 2.24) is 10.2 Å².